The lowest BCUT2D eigenvalue weighted by atomic mass is 10.1. The zero-order valence-corrected chi connectivity index (χ0v) is 11.3. The van der Waals surface area contributed by atoms with Gasteiger partial charge in [0.25, 0.3) is 0 Å². The van der Waals surface area contributed by atoms with E-state index in [1.807, 2.05) is 0 Å². The average molecular weight is 324 g/mol. The Morgan fingerprint density at radius 1 is 1.09 bits per heavy atom. The van der Waals surface area contributed by atoms with E-state index < -0.39 is 23.2 Å². The van der Waals surface area contributed by atoms with E-state index in [0.29, 0.717) is 17.6 Å². The molecule has 2 heterocycles. The van der Waals surface area contributed by atoms with Crippen molar-refractivity contribution in [1.29, 1.82) is 0 Å². The first-order valence-corrected chi connectivity index (χ1v) is 6.36. The number of alkyl halides is 3. The maximum absolute atomic E-state index is 12.9. The van der Waals surface area contributed by atoms with Gasteiger partial charge in [-0.2, -0.15) is 13.2 Å². The fraction of sp³-hybridized carbons (Fsp3) is 0.0667. The Balaban J connectivity index is 2.05. The largest absolute Gasteiger partial charge is 0.423 e. The molecule has 0 atom stereocenters. The highest BCUT2D eigenvalue weighted by Gasteiger charge is 2.33. The topological polar surface area (TPSA) is 55.1 Å². The summed E-state index contributed by atoms with van der Waals surface area (Å²) < 4.78 is 56.4. The number of nitrogens with zero attached hydrogens (tertiary/aromatic N) is 1. The highest BCUT2D eigenvalue weighted by Crippen LogP contribution is 2.34. The monoisotopic (exact) mass is 324 g/mol. The van der Waals surface area contributed by atoms with E-state index in [0.717, 1.165) is 6.20 Å². The Kier molecular flexibility index (Phi) is 3.51. The third kappa shape index (κ3) is 3.15. The number of hydrogen-bond donors (Lipinski definition) is 1. The van der Waals surface area contributed by atoms with Crippen molar-refractivity contribution in [2.45, 2.75) is 6.18 Å². The summed E-state index contributed by atoms with van der Waals surface area (Å²) in [5.41, 5.74) is -2.02. The van der Waals surface area contributed by atoms with Crippen molar-refractivity contribution in [2.75, 3.05) is 5.32 Å². The van der Waals surface area contributed by atoms with Crippen molar-refractivity contribution in [3.8, 4) is 0 Å². The predicted octanol–water partition coefficient (Wildman–Crippen LogP) is 4.09. The molecular weight excluding hydrogens is 316 g/mol. The van der Waals surface area contributed by atoms with Crippen LogP contribution >= 0.6 is 0 Å². The van der Waals surface area contributed by atoms with Crippen LogP contribution in [-0.4, -0.2) is 4.98 Å². The van der Waals surface area contributed by atoms with E-state index >= 15 is 0 Å². The molecule has 3 aromatic rings. The molecule has 2 aromatic heterocycles. The van der Waals surface area contributed by atoms with Crippen LogP contribution in [0.25, 0.3) is 11.0 Å². The van der Waals surface area contributed by atoms with Crippen LogP contribution in [0.15, 0.2) is 51.8 Å². The van der Waals surface area contributed by atoms with E-state index in [1.54, 1.807) is 0 Å². The average Bonchev–Trinajstić information content (AvgIpc) is 2.47. The highest BCUT2D eigenvalue weighted by molar-refractivity contribution is 5.84. The van der Waals surface area contributed by atoms with Gasteiger partial charge in [0.05, 0.1) is 11.8 Å². The van der Waals surface area contributed by atoms with Crippen LogP contribution in [0.5, 0.6) is 0 Å². The molecule has 23 heavy (non-hydrogen) atoms. The summed E-state index contributed by atoms with van der Waals surface area (Å²) in [6.07, 6.45) is -3.67. The minimum Gasteiger partial charge on any atom is -0.423 e. The summed E-state index contributed by atoms with van der Waals surface area (Å²) in [4.78, 5) is 15.1. The maximum atomic E-state index is 12.9. The zero-order chi connectivity index (χ0) is 16.6. The summed E-state index contributed by atoms with van der Waals surface area (Å²) in [7, 11) is 0. The minimum atomic E-state index is -4.67. The molecule has 0 amide bonds. The molecule has 3 rings (SSSR count). The molecule has 0 spiro atoms. The summed E-state index contributed by atoms with van der Waals surface area (Å²) >= 11 is 0. The molecule has 0 saturated carbocycles. The van der Waals surface area contributed by atoms with Gasteiger partial charge >= 0.3 is 11.8 Å². The molecule has 0 aliphatic carbocycles. The van der Waals surface area contributed by atoms with Crippen molar-refractivity contribution >= 4 is 22.5 Å². The Morgan fingerprint density at radius 3 is 2.52 bits per heavy atom. The molecule has 0 aliphatic rings. The Bertz CT molecular complexity index is 917. The van der Waals surface area contributed by atoms with E-state index in [9.17, 15) is 22.4 Å². The molecule has 1 aromatic carbocycles. The third-order valence-corrected chi connectivity index (χ3v) is 3.05. The predicted molar refractivity (Wildman–Crippen MR) is 75.0 cm³/mol. The fourth-order valence-corrected chi connectivity index (χ4v) is 2.07. The van der Waals surface area contributed by atoms with Crippen molar-refractivity contribution < 1.29 is 22.0 Å². The van der Waals surface area contributed by atoms with E-state index in [-0.39, 0.29) is 11.0 Å². The van der Waals surface area contributed by atoms with Crippen LogP contribution in [0, 0.1) is 5.82 Å². The number of fused-ring (bicyclic) bond motifs is 1. The second-order valence-corrected chi connectivity index (χ2v) is 4.67. The van der Waals surface area contributed by atoms with E-state index in [1.165, 1.54) is 30.3 Å². The smallest absolute Gasteiger partial charge is 0.417 e. The van der Waals surface area contributed by atoms with E-state index in [4.69, 9.17) is 4.42 Å². The molecule has 4 nitrogen and oxygen atoms in total. The molecule has 0 bridgehead atoms. The van der Waals surface area contributed by atoms with Crippen LogP contribution in [0.3, 0.4) is 0 Å². The van der Waals surface area contributed by atoms with E-state index in [2.05, 4.69) is 10.3 Å². The lowest BCUT2D eigenvalue weighted by Gasteiger charge is -2.10. The number of benzene rings is 1. The standard InChI is InChI=1S/C15H8F4N2O2/c16-8-1-4-13(20-7-8)21-9-2-3-10-11(15(17,18)19)6-14(22)23-12(10)5-9/h1-7H,(H,20,21). The number of hydrogen-bond acceptors (Lipinski definition) is 4. The van der Waals surface area contributed by atoms with Gasteiger partial charge in [-0.25, -0.2) is 14.2 Å². The van der Waals surface area contributed by atoms with Gasteiger partial charge in [0, 0.05) is 23.2 Å². The third-order valence-electron chi connectivity index (χ3n) is 3.05. The summed E-state index contributed by atoms with van der Waals surface area (Å²) in [5, 5.41) is 2.55. The van der Waals surface area contributed by atoms with Gasteiger partial charge in [-0.15, -0.1) is 0 Å². The SMILES string of the molecule is O=c1cc(C(F)(F)F)c2ccc(Nc3ccc(F)cn3)cc2o1. The number of pyridine rings is 1. The van der Waals surface area contributed by atoms with Gasteiger partial charge < -0.3 is 9.73 Å². The fourth-order valence-electron chi connectivity index (χ4n) is 2.07. The summed E-state index contributed by atoms with van der Waals surface area (Å²) in [6, 6.07) is 6.77. The quantitative estimate of drug-likeness (QED) is 0.570. The van der Waals surface area contributed by atoms with Crippen molar-refractivity contribution in [2.24, 2.45) is 0 Å². The lowest BCUT2D eigenvalue weighted by Crippen LogP contribution is -2.11. The molecular formula is C15H8F4N2O2. The van der Waals surface area contributed by atoms with Crippen LogP contribution in [0.4, 0.5) is 29.1 Å². The molecule has 0 saturated heterocycles. The highest BCUT2D eigenvalue weighted by atomic mass is 19.4. The van der Waals surface area contributed by atoms with Gasteiger partial charge in [0.1, 0.15) is 17.2 Å². The van der Waals surface area contributed by atoms with Gasteiger partial charge in [-0.1, -0.05) is 0 Å². The van der Waals surface area contributed by atoms with Crippen LogP contribution in [-0.2, 0) is 6.18 Å². The van der Waals surface area contributed by atoms with Crippen molar-refractivity contribution in [3.05, 3.63) is 64.4 Å². The molecule has 0 aliphatic heterocycles. The van der Waals surface area contributed by atoms with Crippen molar-refractivity contribution in [3.63, 3.8) is 0 Å². The first-order chi connectivity index (χ1) is 10.8. The Labute approximate surface area is 126 Å². The number of nitrogens with one attached hydrogen (secondary N) is 1. The van der Waals surface area contributed by atoms with Gasteiger partial charge in [0.2, 0.25) is 0 Å². The zero-order valence-electron chi connectivity index (χ0n) is 11.3. The lowest BCUT2D eigenvalue weighted by molar-refractivity contribution is -0.136. The maximum Gasteiger partial charge on any atom is 0.417 e. The van der Waals surface area contributed by atoms with Crippen molar-refractivity contribution in [1.82, 2.24) is 4.98 Å². The second-order valence-electron chi connectivity index (χ2n) is 4.67. The van der Waals surface area contributed by atoms with Gasteiger partial charge in [-0.3, -0.25) is 0 Å². The first-order valence-electron chi connectivity index (χ1n) is 6.36. The normalized spacial score (nSPS) is 11.7. The summed E-state index contributed by atoms with van der Waals surface area (Å²) in [5.74, 6) is -0.227. The minimum absolute atomic E-state index is 0.211. The number of aromatic nitrogens is 1. The van der Waals surface area contributed by atoms with Crippen LogP contribution in [0.1, 0.15) is 5.56 Å². The van der Waals surface area contributed by atoms with Crippen LogP contribution < -0.4 is 10.9 Å². The number of halogens is 4. The molecule has 118 valence electrons. The number of anilines is 2. The van der Waals surface area contributed by atoms with Gasteiger partial charge in [-0.05, 0) is 24.3 Å². The Hall–Kier alpha value is -2.90. The molecule has 0 unspecified atom stereocenters. The van der Waals surface area contributed by atoms with Gasteiger partial charge in [0.15, 0.2) is 0 Å². The second kappa shape index (κ2) is 5.38. The first kappa shape index (κ1) is 15.0. The molecule has 1 N–H and O–H groups in total. The molecule has 8 heteroatoms. The number of rotatable bonds is 2. The molecule has 0 radical (unpaired) electrons. The molecule has 0 fully saturated rings. The Morgan fingerprint density at radius 2 is 1.87 bits per heavy atom. The summed E-state index contributed by atoms with van der Waals surface area (Å²) in [6.45, 7) is 0. The van der Waals surface area contributed by atoms with Crippen LogP contribution in [0.2, 0.25) is 0 Å².